The standard InChI is InChI=1S/C24H32O7/c1-23-8-7-13(25)9-12(23)5-6-14-16-10-15(21(28)29)19(20(27)22(30-3)31-4)24(16,2)11-17(26)18(14)23/h7-9,14-19,22,26H,5-6,10-11H2,1-4H3,(H,28,29)/t14?,15-,16?,17?,18?,19?,23?,24?/m1/s1. The number of aliphatic hydroxyl groups excluding tert-OH is 1. The molecule has 7 heteroatoms. The van der Waals surface area contributed by atoms with Crippen LogP contribution in [0.3, 0.4) is 0 Å². The number of carboxylic acids is 1. The first-order chi connectivity index (χ1) is 14.6. The Balaban J connectivity index is 1.75. The summed E-state index contributed by atoms with van der Waals surface area (Å²) in [7, 11) is 2.74. The molecule has 4 aliphatic rings. The molecule has 0 heterocycles. The second-order valence-corrected chi connectivity index (χ2v) is 10.2. The molecule has 8 atom stereocenters. The van der Waals surface area contributed by atoms with Crippen molar-refractivity contribution < 1.29 is 34.1 Å². The fraction of sp³-hybridized carbons (Fsp3) is 0.708. The van der Waals surface area contributed by atoms with E-state index in [0.29, 0.717) is 12.8 Å². The van der Waals surface area contributed by atoms with Crippen LogP contribution in [0.15, 0.2) is 23.8 Å². The number of allylic oxidation sites excluding steroid dienone is 4. The van der Waals surface area contributed by atoms with Gasteiger partial charge in [-0.3, -0.25) is 14.4 Å². The maximum Gasteiger partial charge on any atom is 0.307 e. The minimum Gasteiger partial charge on any atom is -0.481 e. The van der Waals surface area contributed by atoms with Crippen molar-refractivity contribution in [2.45, 2.75) is 51.9 Å². The maximum atomic E-state index is 13.3. The largest absolute Gasteiger partial charge is 0.481 e. The zero-order valence-corrected chi connectivity index (χ0v) is 18.5. The lowest BCUT2D eigenvalue weighted by Gasteiger charge is -2.58. The van der Waals surface area contributed by atoms with Crippen molar-refractivity contribution in [3.8, 4) is 0 Å². The number of carbonyl (C=O) groups excluding carboxylic acids is 2. The number of carboxylic acid groups (broad SMARTS) is 1. The zero-order valence-electron chi connectivity index (χ0n) is 18.5. The van der Waals surface area contributed by atoms with Crippen molar-refractivity contribution >= 4 is 17.5 Å². The first kappa shape index (κ1) is 22.4. The van der Waals surface area contributed by atoms with E-state index in [0.717, 1.165) is 18.4 Å². The van der Waals surface area contributed by atoms with Gasteiger partial charge in [0.15, 0.2) is 11.6 Å². The Hall–Kier alpha value is -1.83. The molecule has 0 bridgehead atoms. The van der Waals surface area contributed by atoms with E-state index in [-0.39, 0.29) is 29.3 Å². The molecule has 0 amide bonds. The van der Waals surface area contributed by atoms with E-state index in [1.54, 1.807) is 12.2 Å². The molecule has 0 aromatic heterocycles. The summed E-state index contributed by atoms with van der Waals surface area (Å²) in [6, 6.07) is 0. The Morgan fingerprint density at radius 1 is 1.23 bits per heavy atom. The maximum absolute atomic E-state index is 13.3. The number of Topliss-reactive ketones (excluding diaryl/α,β-unsaturated/α-hetero) is 1. The van der Waals surface area contributed by atoms with Gasteiger partial charge in [0.05, 0.1) is 12.0 Å². The highest BCUT2D eigenvalue weighted by atomic mass is 16.7. The first-order valence-electron chi connectivity index (χ1n) is 11.0. The summed E-state index contributed by atoms with van der Waals surface area (Å²) in [5.74, 6) is -3.07. The van der Waals surface area contributed by atoms with E-state index in [2.05, 4.69) is 6.92 Å². The lowest BCUT2D eigenvalue weighted by atomic mass is 9.46. The predicted molar refractivity (Wildman–Crippen MR) is 111 cm³/mol. The molecule has 3 fully saturated rings. The number of ketones is 2. The van der Waals surface area contributed by atoms with Gasteiger partial charge in [-0.05, 0) is 55.1 Å². The van der Waals surface area contributed by atoms with Gasteiger partial charge in [-0.2, -0.15) is 0 Å². The molecule has 31 heavy (non-hydrogen) atoms. The van der Waals surface area contributed by atoms with Gasteiger partial charge in [-0.1, -0.05) is 25.5 Å². The summed E-state index contributed by atoms with van der Waals surface area (Å²) in [5, 5.41) is 21.4. The van der Waals surface area contributed by atoms with Crippen LogP contribution in [0.1, 0.15) is 39.5 Å². The van der Waals surface area contributed by atoms with Crippen LogP contribution in [0.25, 0.3) is 0 Å². The zero-order chi connectivity index (χ0) is 22.7. The van der Waals surface area contributed by atoms with Crippen LogP contribution in [-0.2, 0) is 23.9 Å². The molecule has 0 radical (unpaired) electrons. The second kappa shape index (κ2) is 7.64. The molecule has 7 nitrogen and oxygen atoms in total. The highest BCUT2D eigenvalue weighted by molar-refractivity contribution is 6.01. The third kappa shape index (κ3) is 3.16. The Kier molecular flexibility index (Phi) is 5.51. The quantitative estimate of drug-likeness (QED) is 0.642. The van der Waals surface area contributed by atoms with Crippen LogP contribution in [-0.4, -0.2) is 54.4 Å². The number of methoxy groups -OCH3 is 2. The Morgan fingerprint density at radius 2 is 1.90 bits per heavy atom. The predicted octanol–water partition coefficient (Wildman–Crippen LogP) is 2.38. The van der Waals surface area contributed by atoms with Crippen LogP contribution in [0, 0.1) is 40.4 Å². The minimum atomic E-state index is -1.12. The van der Waals surface area contributed by atoms with E-state index in [1.807, 2.05) is 13.0 Å². The normalized spacial score (nSPS) is 43.8. The summed E-state index contributed by atoms with van der Waals surface area (Å²) in [4.78, 5) is 37.5. The van der Waals surface area contributed by atoms with Crippen molar-refractivity contribution in [3.63, 3.8) is 0 Å². The number of fused-ring (bicyclic) bond motifs is 5. The molecular formula is C24H32O7. The molecular weight excluding hydrogens is 400 g/mol. The van der Waals surface area contributed by atoms with Crippen LogP contribution in [0.5, 0.6) is 0 Å². The van der Waals surface area contributed by atoms with Crippen LogP contribution in [0.4, 0.5) is 0 Å². The van der Waals surface area contributed by atoms with E-state index in [4.69, 9.17) is 9.47 Å². The van der Waals surface area contributed by atoms with Gasteiger partial charge in [0.2, 0.25) is 6.29 Å². The fourth-order valence-corrected chi connectivity index (χ4v) is 7.62. The minimum absolute atomic E-state index is 0.0188. The SMILES string of the molecule is COC(OC)C(=O)C1[C@H](C(=O)O)CC2C3CCC4=CC(=O)C=CC4(C)C3C(O)CC21C. The van der Waals surface area contributed by atoms with Crippen LogP contribution >= 0.6 is 0 Å². The summed E-state index contributed by atoms with van der Waals surface area (Å²) >= 11 is 0. The Morgan fingerprint density at radius 3 is 2.52 bits per heavy atom. The number of ether oxygens (including phenoxy) is 2. The van der Waals surface area contributed by atoms with E-state index in [1.165, 1.54) is 14.2 Å². The molecule has 0 aliphatic heterocycles. The van der Waals surface area contributed by atoms with Gasteiger partial charge < -0.3 is 19.7 Å². The van der Waals surface area contributed by atoms with Crippen molar-refractivity contribution in [2.24, 2.45) is 40.4 Å². The second-order valence-electron chi connectivity index (χ2n) is 10.2. The lowest BCUT2D eigenvalue weighted by Crippen LogP contribution is -2.57. The van der Waals surface area contributed by atoms with Crippen molar-refractivity contribution in [2.75, 3.05) is 14.2 Å². The molecule has 0 aromatic carbocycles. The molecule has 7 unspecified atom stereocenters. The van der Waals surface area contributed by atoms with Gasteiger partial charge >= 0.3 is 5.97 Å². The third-order valence-electron chi connectivity index (χ3n) is 8.84. The molecule has 4 aliphatic carbocycles. The van der Waals surface area contributed by atoms with Crippen LogP contribution < -0.4 is 0 Å². The van der Waals surface area contributed by atoms with Gasteiger partial charge in [-0.15, -0.1) is 0 Å². The van der Waals surface area contributed by atoms with Gasteiger partial charge in [0.25, 0.3) is 0 Å². The van der Waals surface area contributed by atoms with Crippen molar-refractivity contribution in [1.82, 2.24) is 0 Å². The number of hydrogen-bond donors (Lipinski definition) is 2. The highest BCUT2D eigenvalue weighted by Gasteiger charge is 2.66. The average molecular weight is 433 g/mol. The third-order valence-corrected chi connectivity index (χ3v) is 8.84. The number of aliphatic hydroxyl groups is 1. The van der Waals surface area contributed by atoms with E-state index >= 15 is 0 Å². The number of aliphatic carboxylic acids is 1. The smallest absolute Gasteiger partial charge is 0.307 e. The molecule has 2 N–H and O–H groups in total. The van der Waals surface area contributed by atoms with Gasteiger partial charge in [-0.25, -0.2) is 0 Å². The molecule has 4 rings (SSSR count). The molecule has 170 valence electrons. The van der Waals surface area contributed by atoms with Crippen molar-refractivity contribution in [1.29, 1.82) is 0 Å². The van der Waals surface area contributed by atoms with Crippen molar-refractivity contribution in [3.05, 3.63) is 23.8 Å². The number of hydrogen-bond acceptors (Lipinski definition) is 6. The molecule has 0 spiro atoms. The summed E-state index contributed by atoms with van der Waals surface area (Å²) in [6.45, 7) is 4.03. The van der Waals surface area contributed by atoms with E-state index < -0.39 is 41.0 Å². The lowest BCUT2D eigenvalue weighted by molar-refractivity contribution is -0.174. The molecule has 0 saturated heterocycles. The summed E-state index contributed by atoms with van der Waals surface area (Å²) < 4.78 is 10.4. The van der Waals surface area contributed by atoms with Gasteiger partial charge in [0.1, 0.15) is 0 Å². The highest BCUT2D eigenvalue weighted by Crippen LogP contribution is 2.67. The molecule has 0 aromatic rings. The average Bonchev–Trinajstić information content (AvgIpc) is 3.01. The first-order valence-corrected chi connectivity index (χ1v) is 11.0. The van der Waals surface area contributed by atoms with Crippen LogP contribution in [0.2, 0.25) is 0 Å². The monoisotopic (exact) mass is 432 g/mol. The molecule has 3 saturated carbocycles. The number of carbonyl (C=O) groups is 3. The Labute approximate surface area is 182 Å². The van der Waals surface area contributed by atoms with E-state index in [9.17, 15) is 24.6 Å². The fourth-order valence-electron chi connectivity index (χ4n) is 7.62. The topological polar surface area (TPSA) is 110 Å². The number of rotatable bonds is 5. The summed E-state index contributed by atoms with van der Waals surface area (Å²) in [5.41, 5.74) is -0.0509. The summed E-state index contributed by atoms with van der Waals surface area (Å²) in [6.07, 6.45) is 5.61. The van der Waals surface area contributed by atoms with Gasteiger partial charge in [0, 0.05) is 31.5 Å². The Bertz CT molecular complexity index is 856.